The first-order valence-electron chi connectivity index (χ1n) is 11.6. The molecule has 2 aromatic carbocycles. The van der Waals surface area contributed by atoms with Crippen molar-refractivity contribution < 1.29 is 33.0 Å². The van der Waals surface area contributed by atoms with E-state index in [4.69, 9.17) is 14.7 Å². The van der Waals surface area contributed by atoms with Gasteiger partial charge in [0.05, 0.1) is 10.5 Å². The van der Waals surface area contributed by atoms with Crippen LogP contribution in [-0.2, 0) is 21.4 Å². The zero-order chi connectivity index (χ0) is 25.3. The van der Waals surface area contributed by atoms with Crippen molar-refractivity contribution in [2.45, 2.75) is 55.9 Å². The summed E-state index contributed by atoms with van der Waals surface area (Å²) in [6, 6.07) is 15.5. The Labute approximate surface area is 205 Å². The standard InChI is InChI=1S/C24H33N3O7S/c1-2-3-14-25-18-24(29)13-15-27(22(16-24)34-23(28)26-30)35(31,32)21-11-9-20(10-12-21)33-17-19-7-5-4-6-8-19/h4-12,22,25,29-30H,2-3,13-18H2,1H3,(H,26,28)/t22-,24+/m1/s1. The number of hydroxylamine groups is 1. The number of amides is 1. The van der Waals surface area contributed by atoms with Gasteiger partial charge in [0.2, 0.25) is 10.0 Å². The van der Waals surface area contributed by atoms with E-state index in [9.17, 15) is 18.3 Å². The second-order valence-electron chi connectivity index (χ2n) is 8.54. The van der Waals surface area contributed by atoms with Crippen molar-refractivity contribution in [1.82, 2.24) is 15.1 Å². The van der Waals surface area contributed by atoms with Gasteiger partial charge in [0.25, 0.3) is 0 Å². The zero-order valence-corrected chi connectivity index (χ0v) is 20.5. The Hall–Kier alpha value is -2.70. The molecule has 2 aromatic rings. The first kappa shape index (κ1) is 26.9. The second-order valence-corrected chi connectivity index (χ2v) is 10.4. The summed E-state index contributed by atoms with van der Waals surface area (Å²) < 4.78 is 38.6. The lowest BCUT2D eigenvalue weighted by atomic mass is 9.91. The minimum atomic E-state index is -4.07. The highest BCUT2D eigenvalue weighted by atomic mass is 32.2. The largest absolute Gasteiger partial charge is 0.489 e. The first-order valence-corrected chi connectivity index (χ1v) is 13.0. The van der Waals surface area contributed by atoms with Crippen LogP contribution in [0.1, 0.15) is 38.2 Å². The fourth-order valence-corrected chi connectivity index (χ4v) is 5.39. The molecule has 0 saturated carbocycles. The fraction of sp³-hybridized carbons (Fsp3) is 0.458. The molecule has 0 radical (unpaired) electrons. The van der Waals surface area contributed by atoms with Gasteiger partial charge in [-0.2, -0.15) is 4.31 Å². The number of hydrogen-bond donors (Lipinski definition) is 4. The Kier molecular flexibility index (Phi) is 9.47. The number of hydrogen-bond acceptors (Lipinski definition) is 8. The van der Waals surface area contributed by atoms with Gasteiger partial charge >= 0.3 is 6.09 Å². The molecule has 0 bridgehead atoms. The molecule has 0 aromatic heterocycles. The van der Waals surface area contributed by atoms with Gasteiger partial charge in [-0.25, -0.2) is 18.7 Å². The molecule has 2 atom stereocenters. The van der Waals surface area contributed by atoms with Crippen molar-refractivity contribution in [3.8, 4) is 5.75 Å². The summed E-state index contributed by atoms with van der Waals surface area (Å²) in [6.45, 7) is 3.27. The molecular weight excluding hydrogens is 474 g/mol. The number of nitrogens with one attached hydrogen (secondary N) is 2. The number of nitrogens with zero attached hydrogens (tertiary/aromatic N) is 1. The van der Waals surface area contributed by atoms with E-state index in [1.54, 1.807) is 12.1 Å². The van der Waals surface area contributed by atoms with Crippen LogP contribution in [0.3, 0.4) is 0 Å². The molecule has 1 fully saturated rings. The summed E-state index contributed by atoms with van der Waals surface area (Å²) >= 11 is 0. The number of ether oxygens (including phenoxy) is 2. The third kappa shape index (κ3) is 7.39. The van der Waals surface area contributed by atoms with Gasteiger partial charge in [-0.15, -0.1) is 0 Å². The predicted octanol–water partition coefficient (Wildman–Crippen LogP) is 2.61. The van der Waals surface area contributed by atoms with Crippen molar-refractivity contribution in [1.29, 1.82) is 0 Å². The van der Waals surface area contributed by atoms with Crippen LogP contribution >= 0.6 is 0 Å². The van der Waals surface area contributed by atoms with E-state index < -0.39 is 27.9 Å². The molecule has 4 N–H and O–H groups in total. The summed E-state index contributed by atoms with van der Waals surface area (Å²) in [5.74, 6) is 0.506. The molecule has 35 heavy (non-hydrogen) atoms. The lowest BCUT2D eigenvalue weighted by Gasteiger charge is -2.42. The molecule has 1 saturated heterocycles. The minimum absolute atomic E-state index is 0.00548. The molecule has 0 unspecified atom stereocenters. The van der Waals surface area contributed by atoms with E-state index in [1.165, 1.54) is 17.6 Å². The number of unbranched alkanes of at least 4 members (excludes halogenated alkanes) is 1. The number of aliphatic hydroxyl groups is 1. The van der Waals surface area contributed by atoms with E-state index in [0.29, 0.717) is 18.9 Å². The Morgan fingerprint density at radius 3 is 2.54 bits per heavy atom. The number of carbonyl (C=O) groups excluding carboxylic acids is 1. The van der Waals surface area contributed by atoms with Gasteiger partial charge in [-0.3, -0.25) is 5.21 Å². The van der Waals surface area contributed by atoms with E-state index in [2.05, 4.69) is 12.2 Å². The Morgan fingerprint density at radius 1 is 1.17 bits per heavy atom. The zero-order valence-electron chi connectivity index (χ0n) is 19.7. The van der Waals surface area contributed by atoms with Crippen molar-refractivity contribution >= 4 is 16.1 Å². The second kappa shape index (κ2) is 12.3. The van der Waals surface area contributed by atoms with Crippen LogP contribution in [0.15, 0.2) is 59.5 Å². The van der Waals surface area contributed by atoms with Crippen LogP contribution in [-0.4, -0.2) is 60.6 Å². The van der Waals surface area contributed by atoms with E-state index in [-0.39, 0.29) is 30.8 Å². The van der Waals surface area contributed by atoms with E-state index in [1.807, 2.05) is 30.3 Å². The summed E-state index contributed by atoms with van der Waals surface area (Å²) in [5.41, 5.74) is 1.06. The molecule has 11 heteroatoms. The molecule has 192 valence electrons. The third-order valence-corrected chi connectivity index (χ3v) is 7.75. The van der Waals surface area contributed by atoms with Crippen molar-refractivity contribution in [3.05, 3.63) is 60.2 Å². The Balaban J connectivity index is 1.71. The number of benzene rings is 2. The normalized spacial score (nSPS) is 20.8. The Morgan fingerprint density at radius 2 is 1.89 bits per heavy atom. The molecule has 1 amide bonds. The molecule has 10 nitrogen and oxygen atoms in total. The average molecular weight is 508 g/mol. The summed E-state index contributed by atoms with van der Waals surface area (Å²) in [7, 11) is -4.07. The SMILES string of the molecule is CCCCNC[C@]1(O)CCN(S(=O)(=O)c2ccc(OCc3ccccc3)cc2)[C@H](OC(=O)NO)C1. The van der Waals surface area contributed by atoms with Crippen LogP contribution in [0.5, 0.6) is 5.75 Å². The number of carbonyl (C=O) groups is 1. The smallest absolute Gasteiger partial charge is 0.432 e. The third-order valence-electron chi connectivity index (χ3n) is 5.85. The molecule has 0 aliphatic carbocycles. The first-order chi connectivity index (χ1) is 16.8. The lowest BCUT2D eigenvalue weighted by molar-refractivity contribution is -0.0923. The quantitative estimate of drug-likeness (QED) is 0.207. The molecule has 0 spiro atoms. The van der Waals surface area contributed by atoms with Gasteiger partial charge in [0.15, 0.2) is 6.23 Å². The van der Waals surface area contributed by atoms with Gasteiger partial charge in [-0.05, 0) is 49.2 Å². The predicted molar refractivity (Wildman–Crippen MR) is 128 cm³/mol. The van der Waals surface area contributed by atoms with Crippen LogP contribution < -0.4 is 15.5 Å². The van der Waals surface area contributed by atoms with E-state index >= 15 is 0 Å². The van der Waals surface area contributed by atoms with Crippen LogP contribution in [0.4, 0.5) is 4.79 Å². The molecule has 3 rings (SSSR count). The van der Waals surface area contributed by atoms with Crippen LogP contribution in [0.25, 0.3) is 0 Å². The topological polar surface area (TPSA) is 137 Å². The Bertz CT molecular complexity index is 1050. The maximum Gasteiger partial charge on any atom is 0.432 e. The highest BCUT2D eigenvalue weighted by Gasteiger charge is 2.45. The molecule has 1 aliphatic rings. The molecule has 1 aliphatic heterocycles. The fourth-order valence-electron chi connectivity index (χ4n) is 3.88. The number of piperidine rings is 1. The molecule has 1 heterocycles. The summed E-state index contributed by atoms with van der Waals surface area (Å²) in [4.78, 5) is 11.7. The van der Waals surface area contributed by atoms with Crippen molar-refractivity contribution in [2.75, 3.05) is 19.6 Å². The monoisotopic (exact) mass is 507 g/mol. The van der Waals surface area contributed by atoms with Crippen LogP contribution in [0, 0.1) is 0 Å². The van der Waals surface area contributed by atoms with Gasteiger partial charge in [0.1, 0.15) is 12.4 Å². The highest BCUT2D eigenvalue weighted by Crippen LogP contribution is 2.32. The van der Waals surface area contributed by atoms with Gasteiger partial charge in [0, 0.05) is 19.5 Å². The van der Waals surface area contributed by atoms with Crippen LogP contribution in [0.2, 0.25) is 0 Å². The summed E-state index contributed by atoms with van der Waals surface area (Å²) in [5, 5.41) is 23.0. The van der Waals surface area contributed by atoms with Gasteiger partial charge in [-0.1, -0.05) is 43.7 Å². The van der Waals surface area contributed by atoms with E-state index in [0.717, 1.165) is 22.7 Å². The highest BCUT2D eigenvalue weighted by molar-refractivity contribution is 7.89. The maximum absolute atomic E-state index is 13.4. The average Bonchev–Trinajstić information content (AvgIpc) is 2.86. The van der Waals surface area contributed by atoms with Crippen molar-refractivity contribution in [2.24, 2.45) is 0 Å². The minimum Gasteiger partial charge on any atom is -0.489 e. The number of sulfonamides is 1. The van der Waals surface area contributed by atoms with Gasteiger partial charge < -0.3 is 19.9 Å². The lowest BCUT2D eigenvalue weighted by Crippen LogP contribution is -2.57. The maximum atomic E-state index is 13.4. The van der Waals surface area contributed by atoms with Crippen molar-refractivity contribution in [3.63, 3.8) is 0 Å². The number of rotatable bonds is 11. The molecular formula is C24H33N3O7S. The summed E-state index contributed by atoms with van der Waals surface area (Å²) in [6.07, 6.45) is -0.554.